The van der Waals surface area contributed by atoms with E-state index >= 15 is 0 Å². The van der Waals surface area contributed by atoms with Gasteiger partial charge in [0.05, 0.1) is 24.0 Å². The molecule has 28 heavy (non-hydrogen) atoms. The molecule has 0 radical (unpaired) electrons. The zero-order valence-corrected chi connectivity index (χ0v) is 15.5. The number of rotatable bonds is 2. The average molecular weight is 389 g/mol. The predicted octanol–water partition coefficient (Wildman–Crippen LogP) is 2.19. The number of nitrogens with zero attached hydrogens (tertiary/aromatic N) is 5. The number of para-hydroxylation sites is 1. The molecule has 0 saturated carbocycles. The summed E-state index contributed by atoms with van der Waals surface area (Å²) in [5.41, 5.74) is 8.70. The summed E-state index contributed by atoms with van der Waals surface area (Å²) < 4.78 is 1.67. The van der Waals surface area contributed by atoms with Gasteiger partial charge < -0.3 is 10.6 Å². The van der Waals surface area contributed by atoms with Crippen molar-refractivity contribution >= 4 is 33.3 Å². The summed E-state index contributed by atoms with van der Waals surface area (Å²) in [4.78, 5) is 23.2. The van der Waals surface area contributed by atoms with Crippen molar-refractivity contribution in [1.82, 2.24) is 19.7 Å². The van der Waals surface area contributed by atoms with Gasteiger partial charge in [-0.2, -0.15) is 15.3 Å². The van der Waals surface area contributed by atoms with Gasteiger partial charge in [0.2, 0.25) is 5.95 Å². The minimum atomic E-state index is -0.226. The normalized spacial score (nSPS) is 13.5. The van der Waals surface area contributed by atoms with Crippen molar-refractivity contribution in [2.24, 2.45) is 0 Å². The molecule has 4 aromatic rings. The molecule has 1 aliphatic rings. The molecule has 0 amide bonds. The highest BCUT2D eigenvalue weighted by Crippen LogP contribution is 2.35. The van der Waals surface area contributed by atoms with Gasteiger partial charge in [-0.15, -0.1) is 11.3 Å². The summed E-state index contributed by atoms with van der Waals surface area (Å²) in [6, 6.07) is 11.8. The van der Waals surface area contributed by atoms with Crippen molar-refractivity contribution in [3.05, 3.63) is 62.9 Å². The van der Waals surface area contributed by atoms with Gasteiger partial charge in [0.25, 0.3) is 5.56 Å². The Morgan fingerprint density at radius 1 is 1.29 bits per heavy atom. The Labute approximate surface area is 163 Å². The average Bonchev–Trinajstić information content (AvgIpc) is 3.28. The zero-order chi connectivity index (χ0) is 19.3. The van der Waals surface area contributed by atoms with E-state index in [2.05, 4.69) is 16.2 Å². The number of H-pyrrole nitrogens is 1. The first kappa shape index (κ1) is 16.5. The standard InChI is InChI=1S/C19H15N7OS/c20-8-13-12-6-7-25(10-15(12)28-16(13)21)19-23-17-14(18(27)24-19)9-22-26(17)11-4-2-1-3-5-11/h1-5,9H,6-7,10,21H2,(H,23,24,27). The van der Waals surface area contributed by atoms with Crippen molar-refractivity contribution in [3.8, 4) is 11.8 Å². The minimum absolute atomic E-state index is 0.226. The lowest BCUT2D eigenvalue weighted by molar-refractivity contribution is 0.717. The molecule has 0 fully saturated rings. The predicted molar refractivity (Wildman–Crippen MR) is 108 cm³/mol. The van der Waals surface area contributed by atoms with Crippen LogP contribution in [0.2, 0.25) is 0 Å². The SMILES string of the molecule is N#Cc1c(N)sc2c1CCN(c1nc3c(cnn3-c3ccccc3)c(=O)[nH]1)C2. The van der Waals surface area contributed by atoms with Gasteiger partial charge in [-0.05, 0) is 24.1 Å². The van der Waals surface area contributed by atoms with Crippen LogP contribution in [0.5, 0.6) is 0 Å². The van der Waals surface area contributed by atoms with Crippen LogP contribution in [-0.2, 0) is 13.0 Å². The Bertz CT molecular complexity index is 1300. The lowest BCUT2D eigenvalue weighted by Crippen LogP contribution is -2.32. The largest absolute Gasteiger partial charge is 0.389 e. The van der Waals surface area contributed by atoms with E-state index in [-0.39, 0.29) is 5.56 Å². The number of nitriles is 1. The third-order valence-electron chi connectivity index (χ3n) is 4.92. The fourth-order valence-electron chi connectivity index (χ4n) is 3.54. The van der Waals surface area contributed by atoms with Crippen LogP contribution in [0.1, 0.15) is 16.0 Å². The van der Waals surface area contributed by atoms with E-state index in [0.29, 0.717) is 47.1 Å². The number of aromatic nitrogens is 4. The number of aromatic amines is 1. The van der Waals surface area contributed by atoms with Gasteiger partial charge in [-0.3, -0.25) is 9.78 Å². The highest BCUT2D eigenvalue weighted by molar-refractivity contribution is 7.16. The fraction of sp³-hybridized carbons (Fsp3) is 0.158. The molecular formula is C19H15N7OS. The second kappa shape index (κ2) is 6.21. The highest BCUT2D eigenvalue weighted by Gasteiger charge is 2.25. The molecule has 0 aliphatic carbocycles. The monoisotopic (exact) mass is 389 g/mol. The van der Waals surface area contributed by atoms with Crippen LogP contribution in [0.3, 0.4) is 0 Å². The zero-order valence-electron chi connectivity index (χ0n) is 14.7. The van der Waals surface area contributed by atoms with Gasteiger partial charge in [-0.25, -0.2) is 4.68 Å². The van der Waals surface area contributed by atoms with E-state index in [1.54, 1.807) is 4.68 Å². The third-order valence-corrected chi connectivity index (χ3v) is 5.97. The number of nitrogen functional groups attached to an aromatic ring is 1. The number of thiophene rings is 1. The molecule has 1 aliphatic heterocycles. The topological polar surface area (TPSA) is 117 Å². The number of hydrogen-bond acceptors (Lipinski definition) is 7. The number of fused-ring (bicyclic) bond motifs is 2. The number of nitrogens with two attached hydrogens (primary N) is 1. The molecule has 9 heteroatoms. The number of anilines is 2. The maximum absolute atomic E-state index is 12.6. The highest BCUT2D eigenvalue weighted by atomic mass is 32.1. The summed E-state index contributed by atoms with van der Waals surface area (Å²) >= 11 is 1.43. The van der Waals surface area contributed by atoms with Crippen LogP contribution in [0, 0.1) is 11.3 Å². The first-order chi connectivity index (χ1) is 13.7. The summed E-state index contributed by atoms with van der Waals surface area (Å²) in [5, 5.41) is 14.6. The van der Waals surface area contributed by atoms with Crippen molar-refractivity contribution in [2.45, 2.75) is 13.0 Å². The van der Waals surface area contributed by atoms with Gasteiger partial charge in [-0.1, -0.05) is 18.2 Å². The summed E-state index contributed by atoms with van der Waals surface area (Å²) in [6.45, 7) is 1.20. The Hall–Kier alpha value is -3.64. The number of benzene rings is 1. The van der Waals surface area contributed by atoms with Gasteiger partial charge >= 0.3 is 0 Å². The lowest BCUT2D eigenvalue weighted by atomic mass is 10.0. The Morgan fingerprint density at radius 3 is 2.89 bits per heavy atom. The maximum Gasteiger partial charge on any atom is 0.263 e. The number of nitrogens with one attached hydrogen (secondary N) is 1. The van der Waals surface area contributed by atoms with Crippen LogP contribution >= 0.6 is 11.3 Å². The van der Waals surface area contributed by atoms with Crippen molar-refractivity contribution in [2.75, 3.05) is 17.2 Å². The molecule has 0 bridgehead atoms. The van der Waals surface area contributed by atoms with Crippen LogP contribution in [0.15, 0.2) is 41.3 Å². The molecule has 3 aromatic heterocycles. The van der Waals surface area contributed by atoms with Crippen LogP contribution in [0.4, 0.5) is 10.9 Å². The smallest absolute Gasteiger partial charge is 0.263 e. The third kappa shape index (κ3) is 2.46. The van der Waals surface area contributed by atoms with E-state index in [1.165, 1.54) is 17.5 Å². The molecule has 0 saturated heterocycles. The van der Waals surface area contributed by atoms with Crippen molar-refractivity contribution in [1.29, 1.82) is 5.26 Å². The first-order valence-corrected chi connectivity index (χ1v) is 9.56. The van der Waals surface area contributed by atoms with Crippen molar-refractivity contribution in [3.63, 3.8) is 0 Å². The minimum Gasteiger partial charge on any atom is -0.389 e. The molecule has 0 atom stereocenters. The summed E-state index contributed by atoms with van der Waals surface area (Å²) in [7, 11) is 0. The van der Waals surface area contributed by atoms with E-state index < -0.39 is 0 Å². The van der Waals surface area contributed by atoms with E-state index in [0.717, 1.165) is 16.1 Å². The Kier molecular flexibility index (Phi) is 3.67. The molecule has 0 spiro atoms. The molecule has 0 unspecified atom stereocenters. The summed E-state index contributed by atoms with van der Waals surface area (Å²) in [6.07, 6.45) is 2.22. The molecule has 1 aromatic carbocycles. The summed E-state index contributed by atoms with van der Waals surface area (Å²) in [5.74, 6) is 0.492. The second-order valence-corrected chi connectivity index (χ2v) is 7.68. The van der Waals surface area contributed by atoms with Gasteiger partial charge in [0, 0.05) is 11.4 Å². The quantitative estimate of drug-likeness (QED) is 0.543. The van der Waals surface area contributed by atoms with E-state index in [9.17, 15) is 10.1 Å². The first-order valence-electron chi connectivity index (χ1n) is 8.74. The molecule has 5 rings (SSSR count). The second-order valence-electron chi connectivity index (χ2n) is 6.55. The van der Waals surface area contributed by atoms with Gasteiger partial charge in [0.1, 0.15) is 16.5 Å². The van der Waals surface area contributed by atoms with Crippen LogP contribution in [-0.4, -0.2) is 26.3 Å². The van der Waals surface area contributed by atoms with Gasteiger partial charge in [0.15, 0.2) is 5.65 Å². The van der Waals surface area contributed by atoms with Crippen molar-refractivity contribution < 1.29 is 0 Å². The molecule has 3 N–H and O–H groups in total. The molecular weight excluding hydrogens is 374 g/mol. The van der Waals surface area contributed by atoms with Crippen LogP contribution < -0.4 is 16.2 Å². The Morgan fingerprint density at radius 2 is 2.11 bits per heavy atom. The van der Waals surface area contributed by atoms with E-state index in [4.69, 9.17) is 10.7 Å². The van der Waals surface area contributed by atoms with Crippen LogP contribution in [0.25, 0.3) is 16.7 Å². The maximum atomic E-state index is 12.6. The number of hydrogen-bond donors (Lipinski definition) is 2. The lowest BCUT2D eigenvalue weighted by Gasteiger charge is -2.27. The van der Waals surface area contributed by atoms with E-state index in [1.807, 2.05) is 35.2 Å². The molecule has 4 heterocycles. The Balaban J connectivity index is 1.58. The molecule has 138 valence electrons. The fourth-order valence-corrected chi connectivity index (χ4v) is 4.63. The molecule has 8 nitrogen and oxygen atoms in total.